The van der Waals surface area contributed by atoms with Gasteiger partial charge in [-0.25, -0.2) is 9.38 Å². The van der Waals surface area contributed by atoms with Crippen LogP contribution in [-0.2, 0) is 6.54 Å². The molecule has 0 aliphatic rings. The Balaban J connectivity index is 0.00000392. The van der Waals surface area contributed by atoms with Gasteiger partial charge in [-0.3, -0.25) is 0 Å². The summed E-state index contributed by atoms with van der Waals surface area (Å²) in [5, 5.41) is 16.2. The van der Waals surface area contributed by atoms with Gasteiger partial charge >= 0.3 is 0 Å². The van der Waals surface area contributed by atoms with Crippen molar-refractivity contribution >= 4 is 29.9 Å². The second-order valence-electron chi connectivity index (χ2n) is 5.93. The van der Waals surface area contributed by atoms with Crippen LogP contribution < -0.4 is 20.1 Å². The van der Waals surface area contributed by atoms with Gasteiger partial charge in [0.1, 0.15) is 17.6 Å². The molecular weight excluding hydrogens is 476 g/mol. The molecular formula is C20H27FIN3O3. The molecule has 0 heterocycles. The molecule has 2 rings (SSSR count). The van der Waals surface area contributed by atoms with Crippen molar-refractivity contribution in [2.75, 3.05) is 20.2 Å². The van der Waals surface area contributed by atoms with E-state index in [1.54, 1.807) is 43.5 Å². The molecule has 0 fully saturated rings. The number of nitrogens with one attached hydrogen (secondary N) is 2. The van der Waals surface area contributed by atoms with Crippen LogP contribution in [0.3, 0.4) is 0 Å². The average molecular weight is 503 g/mol. The monoisotopic (exact) mass is 503 g/mol. The fourth-order valence-electron chi connectivity index (χ4n) is 2.36. The summed E-state index contributed by atoms with van der Waals surface area (Å²) in [7, 11) is 1.57. The highest BCUT2D eigenvalue weighted by Crippen LogP contribution is 2.23. The summed E-state index contributed by atoms with van der Waals surface area (Å²) in [4.78, 5) is 4.47. The zero-order valence-corrected chi connectivity index (χ0v) is 18.6. The fraction of sp³-hybridized carbons (Fsp3) is 0.350. The van der Waals surface area contributed by atoms with Crippen molar-refractivity contribution in [1.82, 2.24) is 10.6 Å². The Hall–Kier alpha value is -2.23. The minimum atomic E-state index is -0.390. The molecule has 0 saturated carbocycles. The molecule has 0 amide bonds. The number of nitrogens with zero attached hydrogens (tertiary/aromatic N) is 1. The molecule has 3 N–H and O–H groups in total. The minimum absolute atomic E-state index is 0. The predicted octanol–water partition coefficient (Wildman–Crippen LogP) is 3.68. The van der Waals surface area contributed by atoms with Crippen LogP contribution in [0.2, 0.25) is 0 Å². The number of guanidine groups is 1. The Morgan fingerprint density at radius 1 is 1.21 bits per heavy atom. The number of methoxy groups -OCH3 is 1. The lowest BCUT2D eigenvalue weighted by molar-refractivity contribution is 0.214. The molecule has 1 atom stereocenters. The van der Waals surface area contributed by atoms with E-state index < -0.39 is 5.82 Å². The summed E-state index contributed by atoms with van der Waals surface area (Å²) in [6.07, 6.45) is -0.268. The first-order valence-electron chi connectivity index (χ1n) is 8.82. The molecule has 0 spiro atoms. The van der Waals surface area contributed by atoms with Crippen molar-refractivity contribution in [3.05, 3.63) is 53.8 Å². The Morgan fingerprint density at radius 2 is 1.96 bits per heavy atom. The van der Waals surface area contributed by atoms with Crippen LogP contribution in [0.1, 0.15) is 19.4 Å². The van der Waals surface area contributed by atoms with Gasteiger partial charge in [0.2, 0.25) is 0 Å². The number of halogens is 2. The maximum atomic E-state index is 13.7. The smallest absolute Gasteiger partial charge is 0.191 e. The lowest BCUT2D eigenvalue weighted by Gasteiger charge is -2.18. The van der Waals surface area contributed by atoms with Crippen LogP contribution in [0.25, 0.3) is 0 Å². The molecule has 2 aromatic rings. The van der Waals surface area contributed by atoms with Crippen LogP contribution in [0.15, 0.2) is 47.5 Å². The van der Waals surface area contributed by atoms with Gasteiger partial charge in [-0.1, -0.05) is 12.1 Å². The second kappa shape index (κ2) is 12.3. The third-order valence-corrected chi connectivity index (χ3v) is 3.76. The number of phenolic OH excluding ortho intramolecular Hbond substituents is 1. The molecule has 1 unspecified atom stereocenters. The first-order chi connectivity index (χ1) is 13.0. The van der Waals surface area contributed by atoms with E-state index in [-0.39, 0.29) is 48.1 Å². The van der Waals surface area contributed by atoms with E-state index in [9.17, 15) is 9.50 Å². The SMILES string of the molecule is CCNC(=NCc1cc(OC)ccc1O)NCC(C)Oc1ccccc1F.I. The molecule has 6 nitrogen and oxygen atoms in total. The number of phenols is 1. The second-order valence-corrected chi connectivity index (χ2v) is 5.93. The molecule has 0 saturated heterocycles. The van der Waals surface area contributed by atoms with Crippen molar-refractivity contribution in [1.29, 1.82) is 0 Å². The van der Waals surface area contributed by atoms with Crippen molar-refractivity contribution in [2.24, 2.45) is 4.99 Å². The Labute approximate surface area is 182 Å². The van der Waals surface area contributed by atoms with E-state index in [0.717, 1.165) is 0 Å². The highest BCUT2D eigenvalue weighted by atomic mass is 127. The molecule has 8 heteroatoms. The van der Waals surface area contributed by atoms with Gasteiger partial charge in [0.15, 0.2) is 17.5 Å². The van der Waals surface area contributed by atoms with Crippen molar-refractivity contribution in [3.8, 4) is 17.2 Å². The van der Waals surface area contributed by atoms with E-state index in [1.165, 1.54) is 6.07 Å². The van der Waals surface area contributed by atoms with Gasteiger partial charge in [-0.15, -0.1) is 24.0 Å². The van der Waals surface area contributed by atoms with Crippen LogP contribution in [0, 0.1) is 5.82 Å². The van der Waals surface area contributed by atoms with Gasteiger partial charge in [0.05, 0.1) is 20.2 Å². The number of benzene rings is 2. The Kier molecular flexibility index (Phi) is 10.4. The number of hydrogen-bond acceptors (Lipinski definition) is 4. The number of aromatic hydroxyl groups is 1. The highest BCUT2D eigenvalue weighted by molar-refractivity contribution is 14.0. The van der Waals surface area contributed by atoms with E-state index >= 15 is 0 Å². The molecule has 154 valence electrons. The summed E-state index contributed by atoms with van der Waals surface area (Å²) in [5.41, 5.74) is 0.655. The lowest BCUT2D eigenvalue weighted by atomic mass is 10.2. The summed E-state index contributed by atoms with van der Waals surface area (Å²) in [6.45, 7) is 5.19. The molecule has 2 aromatic carbocycles. The van der Waals surface area contributed by atoms with E-state index in [0.29, 0.717) is 30.4 Å². The third-order valence-electron chi connectivity index (χ3n) is 3.76. The van der Waals surface area contributed by atoms with Crippen LogP contribution in [0.5, 0.6) is 17.2 Å². The lowest BCUT2D eigenvalue weighted by Crippen LogP contribution is -2.41. The molecule has 0 radical (unpaired) electrons. The topological polar surface area (TPSA) is 75.1 Å². The maximum Gasteiger partial charge on any atom is 0.191 e. The van der Waals surface area contributed by atoms with Crippen LogP contribution >= 0.6 is 24.0 Å². The number of para-hydroxylation sites is 1. The largest absolute Gasteiger partial charge is 0.508 e. The van der Waals surface area contributed by atoms with E-state index in [4.69, 9.17) is 9.47 Å². The van der Waals surface area contributed by atoms with Gasteiger partial charge in [0, 0.05) is 12.1 Å². The summed E-state index contributed by atoms with van der Waals surface area (Å²) in [5.74, 6) is 1.21. The zero-order valence-electron chi connectivity index (χ0n) is 16.2. The first kappa shape index (κ1) is 23.8. The van der Waals surface area contributed by atoms with Gasteiger partial charge in [-0.2, -0.15) is 0 Å². The molecule has 0 aliphatic carbocycles. The number of aliphatic imine (C=N–C) groups is 1. The standard InChI is InChI=1S/C20H26FN3O3.HI/c1-4-22-20(24-13-15-11-16(26-3)9-10-18(15)25)23-12-14(2)27-19-8-6-5-7-17(19)21;/h5-11,14,25H,4,12-13H2,1-3H3,(H2,22,23,24);1H. The van der Waals surface area contributed by atoms with Crippen LogP contribution in [0.4, 0.5) is 4.39 Å². The molecule has 28 heavy (non-hydrogen) atoms. The van der Waals surface area contributed by atoms with Gasteiger partial charge in [0.25, 0.3) is 0 Å². The predicted molar refractivity (Wildman–Crippen MR) is 119 cm³/mol. The Bertz CT molecular complexity index is 774. The average Bonchev–Trinajstić information content (AvgIpc) is 2.67. The zero-order chi connectivity index (χ0) is 19.6. The van der Waals surface area contributed by atoms with Crippen molar-refractivity contribution in [2.45, 2.75) is 26.5 Å². The summed E-state index contributed by atoms with van der Waals surface area (Å²) >= 11 is 0. The third kappa shape index (κ3) is 7.41. The quantitative estimate of drug-likeness (QED) is 0.291. The normalized spacial score (nSPS) is 11.9. The highest BCUT2D eigenvalue weighted by Gasteiger charge is 2.09. The molecule has 0 bridgehead atoms. The number of ether oxygens (including phenoxy) is 2. The minimum Gasteiger partial charge on any atom is -0.508 e. The van der Waals surface area contributed by atoms with E-state index in [1.807, 2.05) is 13.8 Å². The first-order valence-corrected chi connectivity index (χ1v) is 8.82. The molecule has 0 aliphatic heterocycles. The van der Waals surface area contributed by atoms with E-state index in [2.05, 4.69) is 15.6 Å². The van der Waals surface area contributed by atoms with Gasteiger partial charge < -0.3 is 25.2 Å². The number of hydrogen-bond donors (Lipinski definition) is 3. The Morgan fingerprint density at radius 3 is 2.64 bits per heavy atom. The van der Waals surface area contributed by atoms with Crippen LogP contribution in [-0.4, -0.2) is 37.4 Å². The fourth-order valence-corrected chi connectivity index (χ4v) is 2.36. The summed E-state index contributed by atoms with van der Waals surface area (Å²) in [6, 6.07) is 11.3. The summed E-state index contributed by atoms with van der Waals surface area (Å²) < 4.78 is 24.4. The van der Waals surface area contributed by atoms with Gasteiger partial charge in [-0.05, 0) is 44.2 Å². The number of rotatable bonds is 8. The maximum absolute atomic E-state index is 13.7. The molecule has 0 aromatic heterocycles. The van der Waals surface area contributed by atoms with Crippen molar-refractivity contribution in [3.63, 3.8) is 0 Å². The van der Waals surface area contributed by atoms with Crippen molar-refractivity contribution < 1.29 is 19.0 Å².